The lowest BCUT2D eigenvalue weighted by Gasteiger charge is -2.21. The van der Waals surface area contributed by atoms with Gasteiger partial charge in [0, 0.05) is 0 Å². The molecule has 2 radical (unpaired) electrons. The third kappa shape index (κ3) is 9.65. The molecule has 0 aliphatic rings. The molecule has 0 aliphatic carbocycles. The molecule has 266 valence electrons. The fraction of sp³-hybridized carbons (Fsp3) is 0.0370. The lowest BCUT2D eigenvalue weighted by Crippen LogP contribution is -1.96. The Labute approximate surface area is 330 Å². The topological polar surface area (TPSA) is 0 Å². The van der Waals surface area contributed by atoms with Crippen LogP contribution in [0.1, 0.15) is 30.5 Å². The lowest BCUT2D eigenvalue weighted by molar-refractivity contribution is 1.50. The van der Waals surface area contributed by atoms with Crippen molar-refractivity contribution in [3.05, 3.63) is 249 Å². The van der Waals surface area contributed by atoms with Crippen LogP contribution in [0.2, 0.25) is 0 Å². The van der Waals surface area contributed by atoms with Gasteiger partial charge in [-0.3, -0.25) is 0 Å². The molecule has 0 atom stereocenters. The molecule has 7 aromatic rings. The quantitative estimate of drug-likeness (QED) is 0.0755. The number of allylic oxidation sites excluding steroid dienone is 6. The number of hydrogen-bond acceptors (Lipinski definition) is 0. The number of hydrogen-bond donors (Lipinski definition) is 0. The minimum atomic E-state index is 0.519. The van der Waals surface area contributed by atoms with Crippen LogP contribution >= 0.6 is 0 Å². The molecular weight excluding hydrogens is 659 g/mol. The van der Waals surface area contributed by atoms with Gasteiger partial charge in [0.05, 0.1) is 0 Å². The van der Waals surface area contributed by atoms with E-state index in [1.54, 1.807) is 0 Å². The molecule has 0 unspecified atom stereocenters. The average molecular weight is 707 g/mol. The van der Waals surface area contributed by atoms with Crippen LogP contribution in [0.5, 0.6) is 0 Å². The van der Waals surface area contributed by atoms with Crippen LogP contribution in [-0.4, -0.2) is 7.85 Å². The number of rotatable bonds is 10. The molecule has 7 aromatic carbocycles. The monoisotopic (exact) mass is 706 g/mol. The second-order valence-corrected chi connectivity index (χ2v) is 12.6. The fourth-order valence-electron chi connectivity index (χ4n) is 6.59. The van der Waals surface area contributed by atoms with Crippen molar-refractivity contribution in [3.63, 3.8) is 0 Å². The van der Waals surface area contributed by atoms with E-state index in [1.807, 2.05) is 32.1 Å². The van der Waals surface area contributed by atoms with E-state index in [1.165, 1.54) is 45.0 Å². The van der Waals surface area contributed by atoms with Crippen molar-refractivity contribution in [2.45, 2.75) is 13.8 Å². The fourth-order valence-corrected chi connectivity index (χ4v) is 6.59. The molecule has 55 heavy (non-hydrogen) atoms. The largest absolute Gasteiger partial charge is 0.112 e. The van der Waals surface area contributed by atoms with Gasteiger partial charge in [0.2, 0.25) is 0 Å². The highest BCUT2D eigenvalue weighted by Crippen LogP contribution is 2.46. The molecular formula is C54H47B. The second kappa shape index (κ2) is 19.9. The van der Waals surface area contributed by atoms with Crippen LogP contribution < -0.4 is 0 Å². The first-order valence-corrected chi connectivity index (χ1v) is 18.7. The first kappa shape index (κ1) is 39.5. The predicted octanol–water partition coefficient (Wildman–Crippen LogP) is 15.0. The summed E-state index contributed by atoms with van der Waals surface area (Å²) in [6.45, 7) is 19.5. The Morgan fingerprint density at radius 2 is 0.745 bits per heavy atom. The molecule has 0 fully saturated rings. The van der Waals surface area contributed by atoms with Crippen molar-refractivity contribution >= 4 is 24.6 Å². The summed E-state index contributed by atoms with van der Waals surface area (Å²) in [4.78, 5) is 0. The van der Waals surface area contributed by atoms with Crippen LogP contribution in [0.3, 0.4) is 0 Å². The van der Waals surface area contributed by atoms with Crippen molar-refractivity contribution in [2.24, 2.45) is 0 Å². The normalized spacial score (nSPS) is 10.7. The molecule has 0 aromatic heterocycles. The summed E-state index contributed by atoms with van der Waals surface area (Å²) in [6, 6.07) is 66.6. The Morgan fingerprint density at radius 1 is 0.400 bits per heavy atom. The van der Waals surface area contributed by atoms with Gasteiger partial charge in [-0.2, -0.15) is 0 Å². The molecule has 0 saturated heterocycles. The van der Waals surface area contributed by atoms with Crippen LogP contribution in [-0.2, 0) is 0 Å². The maximum atomic E-state index is 4.98. The van der Waals surface area contributed by atoms with Crippen LogP contribution in [0.4, 0.5) is 0 Å². The Bertz CT molecular complexity index is 2350. The minimum absolute atomic E-state index is 0.519. The third-order valence-corrected chi connectivity index (χ3v) is 9.14. The minimum Gasteiger partial charge on any atom is -0.106 e. The van der Waals surface area contributed by atoms with Crippen molar-refractivity contribution in [1.29, 1.82) is 0 Å². The summed E-state index contributed by atoms with van der Waals surface area (Å²) < 4.78 is 0. The summed E-state index contributed by atoms with van der Waals surface area (Å²) in [7, 11) is 4.98. The average Bonchev–Trinajstić information content (AvgIpc) is 3.27. The smallest absolute Gasteiger partial charge is 0.106 e. The highest BCUT2D eigenvalue weighted by atomic mass is 14.2. The molecule has 7 rings (SSSR count). The van der Waals surface area contributed by atoms with Gasteiger partial charge in [-0.05, 0) is 77.9 Å². The van der Waals surface area contributed by atoms with E-state index in [-0.39, 0.29) is 0 Å². The van der Waals surface area contributed by atoms with Gasteiger partial charge in [-0.15, -0.1) is 12.1 Å². The Balaban J connectivity index is 0.000000768. The van der Waals surface area contributed by atoms with E-state index in [2.05, 4.69) is 202 Å². The van der Waals surface area contributed by atoms with E-state index in [4.69, 9.17) is 7.85 Å². The van der Waals surface area contributed by atoms with E-state index < -0.39 is 0 Å². The van der Waals surface area contributed by atoms with Gasteiger partial charge in [-0.25, -0.2) is 0 Å². The molecule has 0 amide bonds. The maximum Gasteiger partial charge on any atom is 0.112 e. The van der Waals surface area contributed by atoms with Gasteiger partial charge in [-0.1, -0.05) is 234 Å². The van der Waals surface area contributed by atoms with Gasteiger partial charge >= 0.3 is 0 Å². The predicted molar refractivity (Wildman–Crippen MR) is 244 cm³/mol. The highest BCUT2D eigenvalue weighted by Gasteiger charge is 2.20. The Morgan fingerprint density at radius 3 is 1.13 bits per heavy atom. The van der Waals surface area contributed by atoms with Crippen molar-refractivity contribution in [1.82, 2.24) is 0 Å². The van der Waals surface area contributed by atoms with E-state index in [9.17, 15) is 0 Å². The Kier molecular flexibility index (Phi) is 14.3. The van der Waals surface area contributed by atoms with Gasteiger partial charge < -0.3 is 0 Å². The lowest BCUT2D eigenvalue weighted by atomic mass is 9.82. The van der Waals surface area contributed by atoms with Gasteiger partial charge in [0.1, 0.15) is 7.85 Å². The standard InChI is InChI=1S/C48H36.C4H5B.C2H6/c1-3-43(46(40-25-15-7-16-26-40)35(2)36-19-9-4-10-20-36)39-29-31-42(32-30-39)48-45(38-23-13-6-14-24-38)34-33-44(37-21-11-5-12-22-37)47(48)41-27-17-8-18-28-41;1-3-4(2)5;1-2/h3-34H,1-2H2;3H,1-2H2;1-2H3/b46-43-;;. The first-order chi connectivity index (χ1) is 27.0. The van der Waals surface area contributed by atoms with Crippen LogP contribution in [0.15, 0.2) is 232 Å². The highest BCUT2D eigenvalue weighted by molar-refractivity contribution is 6.22. The maximum absolute atomic E-state index is 4.98. The third-order valence-electron chi connectivity index (χ3n) is 9.14. The molecule has 0 N–H and O–H groups in total. The molecule has 0 saturated carbocycles. The summed E-state index contributed by atoms with van der Waals surface area (Å²) in [5.41, 5.74) is 16.4. The van der Waals surface area contributed by atoms with Gasteiger partial charge in [0.15, 0.2) is 0 Å². The summed E-state index contributed by atoms with van der Waals surface area (Å²) >= 11 is 0. The van der Waals surface area contributed by atoms with E-state index in [0.717, 1.165) is 39.0 Å². The second-order valence-electron chi connectivity index (χ2n) is 12.6. The summed E-state index contributed by atoms with van der Waals surface area (Å²) in [5.74, 6) is 0. The van der Waals surface area contributed by atoms with Gasteiger partial charge in [0.25, 0.3) is 0 Å². The Hall–Kier alpha value is -6.70. The van der Waals surface area contributed by atoms with E-state index in [0.29, 0.717) is 5.47 Å². The summed E-state index contributed by atoms with van der Waals surface area (Å²) in [6.07, 6.45) is 3.46. The van der Waals surface area contributed by atoms with E-state index >= 15 is 0 Å². The SMILES string of the molecule is C=C/C(=C(\C(=C)c1ccccc1)c1ccccc1)c1ccc(-c2c(-c3ccccc3)ccc(-c3ccccc3)c2-c2ccccc2)cc1.CC.[B]C(=C)C=C. The molecule has 0 bridgehead atoms. The zero-order valence-electron chi connectivity index (χ0n) is 32.0. The summed E-state index contributed by atoms with van der Waals surface area (Å²) in [5, 5.41) is 0. The molecule has 0 heterocycles. The molecule has 1 heteroatoms. The molecule has 0 spiro atoms. The van der Waals surface area contributed by atoms with Crippen LogP contribution in [0, 0.1) is 0 Å². The number of benzene rings is 7. The first-order valence-electron chi connectivity index (χ1n) is 18.7. The van der Waals surface area contributed by atoms with Crippen molar-refractivity contribution in [2.75, 3.05) is 0 Å². The molecule has 0 nitrogen and oxygen atoms in total. The zero-order valence-corrected chi connectivity index (χ0v) is 32.0. The van der Waals surface area contributed by atoms with Crippen molar-refractivity contribution < 1.29 is 0 Å². The zero-order chi connectivity index (χ0) is 39.0. The molecule has 0 aliphatic heterocycles. The van der Waals surface area contributed by atoms with Crippen LogP contribution in [0.25, 0.3) is 61.2 Å². The van der Waals surface area contributed by atoms with Crippen molar-refractivity contribution in [3.8, 4) is 44.5 Å².